The molecule has 0 spiro atoms. The quantitative estimate of drug-likeness (QED) is 0.888. The molecule has 0 aliphatic carbocycles. The van der Waals surface area contributed by atoms with E-state index in [4.69, 9.17) is 4.74 Å². The maximum atomic E-state index is 12.7. The van der Waals surface area contributed by atoms with Crippen LogP contribution in [0.15, 0.2) is 30.5 Å². The Bertz CT molecular complexity index is 681. The Morgan fingerprint density at radius 2 is 2.04 bits per heavy atom. The van der Waals surface area contributed by atoms with E-state index in [1.54, 1.807) is 7.11 Å². The van der Waals surface area contributed by atoms with Crippen molar-refractivity contribution >= 4 is 22.2 Å². The maximum absolute atomic E-state index is 12.7. The molecular formula is C16H18F3N3OS. The molecule has 2 aromatic rings. The first-order chi connectivity index (χ1) is 11.5. The van der Waals surface area contributed by atoms with Gasteiger partial charge in [-0.2, -0.15) is 13.2 Å². The average molecular weight is 357 g/mol. The summed E-state index contributed by atoms with van der Waals surface area (Å²) in [7, 11) is 1.63. The highest BCUT2D eigenvalue weighted by atomic mass is 32.1. The molecule has 1 aromatic heterocycles. The molecule has 1 aliphatic rings. The highest BCUT2D eigenvalue weighted by molar-refractivity contribution is 7.15. The first kappa shape index (κ1) is 16.9. The Morgan fingerprint density at radius 1 is 1.29 bits per heavy atom. The summed E-state index contributed by atoms with van der Waals surface area (Å²) in [6, 6.07) is 8.00. The predicted molar refractivity (Wildman–Crippen MR) is 89.0 cm³/mol. The molecule has 0 unspecified atom stereocenters. The van der Waals surface area contributed by atoms with Gasteiger partial charge in [-0.15, -0.1) is 0 Å². The number of nitrogens with zero attached hydrogens (tertiary/aromatic N) is 2. The molecule has 1 N–H and O–H groups in total. The van der Waals surface area contributed by atoms with Crippen LogP contribution < -0.4 is 15.0 Å². The van der Waals surface area contributed by atoms with Gasteiger partial charge in [0, 0.05) is 30.9 Å². The van der Waals surface area contributed by atoms with E-state index >= 15 is 0 Å². The van der Waals surface area contributed by atoms with Crippen molar-refractivity contribution in [1.82, 2.24) is 4.98 Å². The number of hydrogen-bond acceptors (Lipinski definition) is 5. The largest absolute Gasteiger partial charge is 0.497 e. The van der Waals surface area contributed by atoms with Crippen LogP contribution in [0, 0.1) is 0 Å². The number of piperidine rings is 1. The van der Waals surface area contributed by atoms with Crippen LogP contribution in [-0.2, 0) is 6.18 Å². The molecule has 0 amide bonds. The molecule has 0 bridgehead atoms. The fraction of sp³-hybridized carbons (Fsp3) is 0.438. The van der Waals surface area contributed by atoms with Crippen LogP contribution in [0.2, 0.25) is 0 Å². The van der Waals surface area contributed by atoms with E-state index < -0.39 is 11.1 Å². The van der Waals surface area contributed by atoms with Gasteiger partial charge in [0.15, 0.2) is 5.13 Å². The van der Waals surface area contributed by atoms with E-state index in [2.05, 4.69) is 10.3 Å². The molecule has 1 fully saturated rings. The number of rotatable bonds is 4. The number of nitrogens with one attached hydrogen (secondary N) is 1. The SMILES string of the molecule is COc1cccc(NC2CCN(c3ncc(C(F)(F)F)s3)CC2)c1. The molecule has 3 rings (SSSR count). The van der Waals surface area contributed by atoms with Gasteiger partial charge in [0.25, 0.3) is 0 Å². The normalized spacial score (nSPS) is 16.2. The minimum atomic E-state index is -4.32. The molecule has 1 saturated heterocycles. The van der Waals surface area contributed by atoms with E-state index in [0.717, 1.165) is 30.5 Å². The zero-order valence-corrected chi connectivity index (χ0v) is 14.0. The van der Waals surface area contributed by atoms with Crippen molar-refractivity contribution in [3.8, 4) is 5.75 Å². The van der Waals surface area contributed by atoms with Gasteiger partial charge in [0.05, 0.1) is 13.3 Å². The highest BCUT2D eigenvalue weighted by Gasteiger charge is 2.34. The van der Waals surface area contributed by atoms with Crippen LogP contribution in [0.5, 0.6) is 5.75 Å². The van der Waals surface area contributed by atoms with Gasteiger partial charge in [-0.3, -0.25) is 0 Å². The Hall–Kier alpha value is -1.96. The Morgan fingerprint density at radius 3 is 2.67 bits per heavy atom. The van der Waals surface area contributed by atoms with Crippen LogP contribution in [0.1, 0.15) is 17.7 Å². The van der Waals surface area contributed by atoms with Gasteiger partial charge in [0.2, 0.25) is 0 Å². The van der Waals surface area contributed by atoms with Crippen molar-refractivity contribution in [2.75, 3.05) is 30.4 Å². The van der Waals surface area contributed by atoms with Crippen molar-refractivity contribution < 1.29 is 17.9 Å². The lowest BCUT2D eigenvalue weighted by atomic mass is 10.1. The third kappa shape index (κ3) is 3.92. The lowest BCUT2D eigenvalue weighted by Crippen LogP contribution is -2.39. The number of benzene rings is 1. The summed E-state index contributed by atoms with van der Waals surface area (Å²) in [5, 5.41) is 3.90. The monoisotopic (exact) mass is 357 g/mol. The lowest BCUT2D eigenvalue weighted by Gasteiger charge is -2.32. The Kier molecular flexibility index (Phi) is 4.84. The summed E-state index contributed by atoms with van der Waals surface area (Å²) in [5.74, 6) is 0.792. The third-order valence-electron chi connectivity index (χ3n) is 3.98. The van der Waals surface area contributed by atoms with Crippen LogP contribution in [0.3, 0.4) is 0 Å². The summed E-state index contributed by atoms with van der Waals surface area (Å²) in [6.07, 6.45) is -1.71. The summed E-state index contributed by atoms with van der Waals surface area (Å²) >= 11 is 0.709. The number of aromatic nitrogens is 1. The highest BCUT2D eigenvalue weighted by Crippen LogP contribution is 2.37. The fourth-order valence-corrected chi connectivity index (χ4v) is 3.54. The summed E-state index contributed by atoms with van der Waals surface area (Å²) in [4.78, 5) is 5.20. The molecule has 4 nitrogen and oxygen atoms in total. The number of halogens is 3. The zero-order chi connectivity index (χ0) is 17.2. The molecule has 0 atom stereocenters. The third-order valence-corrected chi connectivity index (χ3v) is 5.08. The molecule has 1 aromatic carbocycles. The van der Waals surface area contributed by atoms with Crippen LogP contribution in [-0.4, -0.2) is 31.2 Å². The van der Waals surface area contributed by atoms with Crippen molar-refractivity contribution in [3.63, 3.8) is 0 Å². The number of ether oxygens (including phenoxy) is 1. The first-order valence-corrected chi connectivity index (χ1v) is 8.46. The molecule has 0 saturated carbocycles. The fourth-order valence-electron chi connectivity index (χ4n) is 2.71. The zero-order valence-electron chi connectivity index (χ0n) is 13.1. The van der Waals surface area contributed by atoms with Crippen LogP contribution >= 0.6 is 11.3 Å². The van der Waals surface area contributed by atoms with Gasteiger partial charge in [0.1, 0.15) is 10.6 Å². The molecule has 130 valence electrons. The number of thiazole rings is 1. The van der Waals surface area contributed by atoms with Gasteiger partial charge in [-0.05, 0) is 25.0 Å². The average Bonchev–Trinajstić information content (AvgIpc) is 3.06. The standard InChI is InChI=1S/C16H18F3N3OS/c1-23-13-4-2-3-12(9-13)21-11-5-7-22(8-6-11)15-20-10-14(24-15)16(17,18)19/h2-4,9-11,21H,5-8H2,1H3. The Labute approximate surface area is 142 Å². The van der Waals surface area contributed by atoms with Crippen molar-refractivity contribution in [1.29, 1.82) is 0 Å². The number of hydrogen-bond donors (Lipinski definition) is 1. The molecule has 8 heteroatoms. The minimum absolute atomic E-state index is 0.287. The minimum Gasteiger partial charge on any atom is -0.497 e. The molecule has 0 radical (unpaired) electrons. The molecule has 24 heavy (non-hydrogen) atoms. The summed E-state index contributed by atoms with van der Waals surface area (Å²) in [5.41, 5.74) is 0.987. The lowest BCUT2D eigenvalue weighted by molar-refractivity contribution is -0.134. The number of anilines is 2. The van der Waals surface area contributed by atoms with Gasteiger partial charge in [-0.25, -0.2) is 4.98 Å². The van der Waals surface area contributed by atoms with E-state index in [1.807, 2.05) is 29.2 Å². The van der Waals surface area contributed by atoms with E-state index in [-0.39, 0.29) is 6.04 Å². The maximum Gasteiger partial charge on any atom is 0.427 e. The molecular weight excluding hydrogens is 339 g/mol. The van der Waals surface area contributed by atoms with Crippen molar-refractivity contribution in [2.24, 2.45) is 0 Å². The molecule has 1 aliphatic heterocycles. The number of methoxy groups -OCH3 is 1. The van der Waals surface area contributed by atoms with E-state index in [0.29, 0.717) is 29.6 Å². The van der Waals surface area contributed by atoms with Crippen LogP contribution in [0.4, 0.5) is 24.0 Å². The topological polar surface area (TPSA) is 37.4 Å². The second-order valence-electron chi connectivity index (χ2n) is 5.64. The van der Waals surface area contributed by atoms with Crippen molar-refractivity contribution in [3.05, 3.63) is 35.3 Å². The smallest absolute Gasteiger partial charge is 0.427 e. The predicted octanol–water partition coefficient (Wildman–Crippen LogP) is 4.25. The van der Waals surface area contributed by atoms with Crippen molar-refractivity contribution in [2.45, 2.75) is 25.1 Å². The number of alkyl halides is 3. The van der Waals surface area contributed by atoms with Gasteiger partial charge in [-0.1, -0.05) is 17.4 Å². The molecule has 2 heterocycles. The van der Waals surface area contributed by atoms with E-state index in [1.165, 1.54) is 0 Å². The first-order valence-electron chi connectivity index (χ1n) is 7.64. The summed E-state index contributed by atoms with van der Waals surface area (Å²) in [6.45, 7) is 1.37. The second-order valence-corrected chi connectivity index (χ2v) is 6.65. The van der Waals surface area contributed by atoms with E-state index in [9.17, 15) is 13.2 Å². The van der Waals surface area contributed by atoms with Gasteiger partial charge >= 0.3 is 6.18 Å². The Balaban J connectivity index is 1.56. The van der Waals surface area contributed by atoms with Gasteiger partial charge < -0.3 is 15.0 Å². The van der Waals surface area contributed by atoms with Crippen LogP contribution in [0.25, 0.3) is 0 Å². The summed E-state index contributed by atoms with van der Waals surface area (Å²) < 4.78 is 43.2. The second kappa shape index (κ2) is 6.88.